The minimum atomic E-state index is -3.86. The normalized spacial score (nSPS) is 28.4. The minimum Gasteiger partial charge on any atom is -0.453 e. The van der Waals surface area contributed by atoms with Crippen LogP contribution in [0.5, 0.6) is 0 Å². The first-order valence-corrected chi connectivity index (χ1v) is 13.5. The highest BCUT2D eigenvalue weighted by atomic mass is 32.2. The average molecular weight is 491 g/mol. The minimum absolute atomic E-state index is 0.00688. The van der Waals surface area contributed by atoms with Crippen molar-refractivity contribution >= 4 is 27.7 Å². The molecule has 4 saturated carbocycles. The van der Waals surface area contributed by atoms with E-state index in [0.717, 1.165) is 30.4 Å². The molecular formula is C25H34N2O6S. The first-order valence-electron chi connectivity index (χ1n) is 12.0. The van der Waals surface area contributed by atoms with E-state index in [0.29, 0.717) is 17.8 Å². The molecule has 34 heavy (non-hydrogen) atoms. The Bertz CT molecular complexity index is 1060. The van der Waals surface area contributed by atoms with Crippen LogP contribution in [0, 0.1) is 37.0 Å². The van der Waals surface area contributed by atoms with Crippen molar-refractivity contribution in [1.29, 1.82) is 0 Å². The van der Waals surface area contributed by atoms with E-state index in [-0.39, 0.29) is 16.1 Å². The number of aryl methyl sites for hydroxylation is 2. The molecule has 0 aromatic heterocycles. The third-order valence-corrected chi connectivity index (χ3v) is 9.28. The molecular weight excluding hydrogens is 456 g/mol. The van der Waals surface area contributed by atoms with Gasteiger partial charge in [-0.25, -0.2) is 13.1 Å². The Morgan fingerprint density at radius 1 is 1.00 bits per heavy atom. The molecule has 2 N–H and O–H groups in total. The molecule has 9 heteroatoms. The van der Waals surface area contributed by atoms with Gasteiger partial charge in [0.2, 0.25) is 15.9 Å². The third kappa shape index (κ3) is 5.20. The lowest BCUT2D eigenvalue weighted by molar-refractivity contribution is -0.164. The van der Waals surface area contributed by atoms with E-state index in [1.807, 2.05) is 13.8 Å². The van der Waals surface area contributed by atoms with E-state index in [4.69, 9.17) is 4.74 Å². The Kier molecular flexibility index (Phi) is 6.88. The number of rotatable bonds is 9. The van der Waals surface area contributed by atoms with Gasteiger partial charge >= 0.3 is 5.97 Å². The first kappa shape index (κ1) is 24.9. The van der Waals surface area contributed by atoms with E-state index in [9.17, 15) is 22.8 Å². The Morgan fingerprint density at radius 2 is 1.59 bits per heavy atom. The second-order valence-corrected chi connectivity index (χ2v) is 12.3. The zero-order valence-corrected chi connectivity index (χ0v) is 20.9. The molecule has 4 aliphatic carbocycles. The van der Waals surface area contributed by atoms with Gasteiger partial charge in [0.1, 0.15) is 6.54 Å². The number of benzene rings is 1. The fourth-order valence-corrected chi connectivity index (χ4v) is 7.56. The molecule has 1 aromatic carbocycles. The molecule has 1 amide bonds. The van der Waals surface area contributed by atoms with Crippen molar-refractivity contribution in [2.45, 2.75) is 70.3 Å². The van der Waals surface area contributed by atoms with Crippen LogP contribution in [0.4, 0.5) is 0 Å². The van der Waals surface area contributed by atoms with Crippen LogP contribution in [-0.2, 0) is 29.1 Å². The maximum absolute atomic E-state index is 13.2. The highest BCUT2D eigenvalue weighted by Crippen LogP contribution is 2.60. The molecule has 0 heterocycles. The quantitative estimate of drug-likeness (QED) is 0.513. The summed E-state index contributed by atoms with van der Waals surface area (Å²) in [6.45, 7) is 4.36. The van der Waals surface area contributed by atoms with Crippen molar-refractivity contribution in [2.24, 2.45) is 23.2 Å². The third-order valence-electron chi connectivity index (χ3n) is 7.88. The molecule has 4 bridgehead atoms. The average Bonchev–Trinajstić information content (AvgIpc) is 2.76. The van der Waals surface area contributed by atoms with Gasteiger partial charge < -0.3 is 10.1 Å². The number of hydrogen-bond donors (Lipinski definition) is 2. The SMILES string of the molecule is Cc1ccc(S(=O)(=O)NCC(=O)NCC(=O)O[C@@H](C)C(=O)C23CC4CC(CC(C4)C2)C3)cc1C. The molecule has 8 nitrogen and oxygen atoms in total. The smallest absolute Gasteiger partial charge is 0.326 e. The Labute approximate surface area is 201 Å². The molecule has 0 radical (unpaired) electrons. The number of carbonyl (C=O) groups is 3. The predicted octanol–water partition coefficient (Wildman–Crippen LogP) is 2.42. The van der Waals surface area contributed by atoms with Crippen LogP contribution in [0.3, 0.4) is 0 Å². The van der Waals surface area contributed by atoms with Crippen molar-refractivity contribution in [1.82, 2.24) is 10.0 Å². The van der Waals surface area contributed by atoms with Crippen molar-refractivity contribution in [3.63, 3.8) is 0 Å². The highest BCUT2D eigenvalue weighted by molar-refractivity contribution is 7.89. The van der Waals surface area contributed by atoms with Crippen LogP contribution < -0.4 is 10.0 Å². The van der Waals surface area contributed by atoms with Crippen LogP contribution in [0.2, 0.25) is 0 Å². The number of esters is 1. The molecule has 0 spiro atoms. The fraction of sp³-hybridized carbons (Fsp3) is 0.640. The van der Waals surface area contributed by atoms with Gasteiger partial charge in [0.15, 0.2) is 11.9 Å². The van der Waals surface area contributed by atoms with Gasteiger partial charge in [-0.15, -0.1) is 0 Å². The van der Waals surface area contributed by atoms with E-state index >= 15 is 0 Å². The monoisotopic (exact) mass is 490 g/mol. The molecule has 4 fully saturated rings. The number of ketones is 1. The van der Waals surface area contributed by atoms with E-state index < -0.39 is 41.1 Å². The summed E-state index contributed by atoms with van der Waals surface area (Å²) < 4.78 is 32.4. The maximum atomic E-state index is 13.2. The topological polar surface area (TPSA) is 119 Å². The lowest BCUT2D eigenvalue weighted by Crippen LogP contribution is -2.53. The summed E-state index contributed by atoms with van der Waals surface area (Å²) in [6.07, 6.45) is 5.51. The van der Waals surface area contributed by atoms with Gasteiger partial charge in [-0.2, -0.15) is 0 Å². The van der Waals surface area contributed by atoms with Gasteiger partial charge in [0.05, 0.1) is 11.4 Å². The predicted molar refractivity (Wildman–Crippen MR) is 125 cm³/mol. The van der Waals surface area contributed by atoms with Gasteiger partial charge in [0.25, 0.3) is 0 Å². The summed E-state index contributed by atoms with van der Waals surface area (Å²) in [7, 11) is -3.86. The van der Waals surface area contributed by atoms with E-state index in [1.54, 1.807) is 13.0 Å². The standard InChI is InChI=1S/C25H34N2O6S/c1-15-4-5-21(6-16(15)2)34(31,32)27-13-22(28)26-14-23(29)33-17(3)24(30)25-10-18-7-19(11-25)9-20(8-18)12-25/h4-6,17-20,27H,7-14H2,1-3H3,(H,26,28)/t17-,18?,19?,20?,25?/m0/s1. The zero-order valence-electron chi connectivity index (χ0n) is 20.1. The molecule has 5 rings (SSSR count). The summed E-state index contributed by atoms with van der Waals surface area (Å²) >= 11 is 0. The molecule has 0 aliphatic heterocycles. The van der Waals surface area contributed by atoms with Crippen LogP contribution in [0.25, 0.3) is 0 Å². The maximum Gasteiger partial charge on any atom is 0.326 e. The van der Waals surface area contributed by atoms with Gasteiger partial charge in [-0.3, -0.25) is 14.4 Å². The van der Waals surface area contributed by atoms with Crippen LogP contribution in [-0.4, -0.2) is 45.3 Å². The summed E-state index contributed by atoms with van der Waals surface area (Å²) in [4.78, 5) is 37.6. The Hall–Kier alpha value is -2.26. The van der Waals surface area contributed by atoms with Crippen LogP contribution >= 0.6 is 0 Å². The van der Waals surface area contributed by atoms with Crippen LogP contribution in [0.15, 0.2) is 23.1 Å². The summed E-state index contributed by atoms with van der Waals surface area (Å²) in [5.74, 6) is 0.479. The molecule has 0 saturated heterocycles. The van der Waals surface area contributed by atoms with Crippen molar-refractivity contribution in [2.75, 3.05) is 13.1 Å². The molecule has 186 valence electrons. The lowest BCUT2D eigenvalue weighted by Gasteiger charge is -2.56. The molecule has 4 aliphatic rings. The number of amides is 1. The number of nitrogens with one attached hydrogen (secondary N) is 2. The zero-order chi connectivity index (χ0) is 24.7. The van der Waals surface area contributed by atoms with Gasteiger partial charge in [0, 0.05) is 5.41 Å². The number of ether oxygens (including phenoxy) is 1. The number of sulfonamides is 1. The van der Waals surface area contributed by atoms with Crippen LogP contribution in [0.1, 0.15) is 56.6 Å². The lowest BCUT2D eigenvalue weighted by atomic mass is 9.48. The summed E-state index contributed by atoms with van der Waals surface area (Å²) in [5, 5.41) is 2.35. The first-order chi connectivity index (χ1) is 16.0. The number of carbonyl (C=O) groups excluding carboxylic acids is 3. The van der Waals surface area contributed by atoms with E-state index in [1.165, 1.54) is 31.4 Å². The Morgan fingerprint density at radius 3 is 2.15 bits per heavy atom. The summed E-state index contributed by atoms with van der Waals surface area (Å²) in [5.41, 5.74) is 1.43. The highest BCUT2D eigenvalue weighted by Gasteiger charge is 2.55. The number of Topliss-reactive ketones (excluding diaryl/α,β-unsaturated/α-hetero) is 1. The largest absolute Gasteiger partial charge is 0.453 e. The second-order valence-electron chi connectivity index (χ2n) is 10.5. The molecule has 1 atom stereocenters. The fourth-order valence-electron chi connectivity index (χ4n) is 6.49. The number of hydrogen-bond acceptors (Lipinski definition) is 6. The van der Waals surface area contributed by atoms with Crippen molar-refractivity contribution in [3.8, 4) is 0 Å². The van der Waals surface area contributed by atoms with Gasteiger partial charge in [-0.05, 0) is 100 Å². The Balaban J connectivity index is 1.23. The second kappa shape index (κ2) is 9.41. The van der Waals surface area contributed by atoms with Gasteiger partial charge in [-0.1, -0.05) is 6.07 Å². The van der Waals surface area contributed by atoms with E-state index in [2.05, 4.69) is 10.0 Å². The van der Waals surface area contributed by atoms with Crippen molar-refractivity contribution < 1.29 is 27.5 Å². The molecule has 0 unspecified atom stereocenters. The summed E-state index contributed by atoms with van der Waals surface area (Å²) in [6, 6.07) is 4.71. The van der Waals surface area contributed by atoms with Crippen molar-refractivity contribution in [3.05, 3.63) is 29.3 Å². The molecule has 1 aromatic rings.